The van der Waals surface area contributed by atoms with Gasteiger partial charge in [-0.05, 0) is 87.8 Å². The summed E-state index contributed by atoms with van der Waals surface area (Å²) in [6.07, 6.45) is 6.69. The Bertz CT molecular complexity index is 1400. The number of esters is 2. The van der Waals surface area contributed by atoms with Crippen molar-refractivity contribution in [1.29, 1.82) is 0 Å². The molecule has 2 aliphatic rings. The maximum absolute atomic E-state index is 13.4. The number of allylic oxidation sites excluding steroid dienone is 2. The Morgan fingerprint density at radius 2 is 1.76 bits per heavy atom. The first-order valence-electron chi connectivity index (χ1n) is 15.4. The van der Waals surface area contributed by atoms with E-state index in [4.69, 9.17) is 18.9 Å². The van der Waals surface area contributed by atoms with Crippen LogP contribution < -0.4 is 5.32 Å². The molecule has 0 spiro atoms. The number of nitro groups is 1. The molecule has 0 bridgehead atoms. The Morgan fingerprint density at radius 3 is 2.44 bits per heavy atom. The Balaban J connectivity index is 1.25. The summed E-state index contributed by atoms with van der Waals surface area (Å²) in [6.45, 7) is 5.14. The average Bonchev–Trinajstić information content (AvgIpc) is 3.05. The van der Waals surface area contributed by atoms with E-state index in [0.29, 0.717) is 30.0 Å². The number of rotatable bonds is 15. The Morgan fingerprint density at radius 1 is 1.00 bits per heavy atom. The summed E-state index contributed by atoms with van der Waals surface area (Å²) in [7, 11) is 1.26. The van der Waals surface area contributed by atoms with E-state index in [0.717, 1.165) is 44.5 Å². The van der Waals surface area contributed by atoms with E-state index in [1.54, 1.807) is 31.7 Å². The number of non-ortho nitro benzene ring substituents is 1. The van der Waals surface area contributed by atoms with Crippen LogP contribution in [0.1, 0.15) is 69.4 Å². The van der Waals surface area contributed by atoms with Gasteiger partial charge in [0.15, 0.2) is 6.29 Å². The van der Waals surface area contributed by atoms with Crippen molar-refractivity contribution in [1.82, 2.24) is 5.32 Å². The van der Waals surface area contributed by atoms with Crippen molar-refractivity contribution in [3.63, 3.8) is 0 Å². The molecule has 10 nitrogen and oxygen atoms in total. The summed E-state index contributed by atoms with van der Waals surface area (Å²) < 4.78 is 22.1. The molecule has 0 aromatic heterocycles. The number of benzene rings is 2. The first-order valence-corrected chi connectivity index (χ1v) is 16.4. The lowest BCUT2D eigenvalue weighted by molar-refractivity contribution is -0.384. The van der Waals surface area contributed by atoms with Crippen molar-refractivity contribution in [2.75, 3.05) is 32.7 Å². The molecule has 1 N–H and O–H groups in total. The van der Waals surface area contributed by atoms with Crippen LogP contribution in [0.2, 0.25) is 0 Å². The summed E-state index contributed by atoms with van der Waals surface area (Å²) in [6, 6.07) is 14.5. The minimum absolute atomic E-state index is 0.0373. The summed E-state index contributed by atoms with van der Waals surface area (Å²) in [5.41, 5.74) is 3.04. The number of methoxy groups -OCH3 is 1. The summed E-state index contributed by atoms with van der Waals surface area (Å²) >= 11 is 1.76. The van der Waals surface area contributed by atoms with Gasteiger partial charge in [-0.15, -0.1) is 11.8 Å². The molecule has 2 atom stereocenters. The molecule has 1 saturated heterocycles. The molecule has 45 heavy (non-hydrogen) atoms. The second-order valence-corrected chi connectivity index (χ2v) is 12.3. The number of nitrogens with one attached hydrogen (secondary N) is 1. The van der Waals surface area contributed by atoms with Crippen LogP contribution in [0.25, 0.3) is 0 Å². The van der Waals surface area contributed by atoms with Crippen molar-refractivity contribution in [3.05, 3.63) is 92.3 Å². The van der Waals surface area contributed by atoms with Crippen molar-refractivity contribution in [2.45, 2.75) is 75.9 Å². The van der Waals surface area contributed by atoms with E-state index in [9.17, 15) is 19.7 Å². The van der Waals surface area contributed by atoms with Gasteiger partial charge in [0.25, 0.3) is 5.69 Å². The van der Waals surface area contributed by atoms with E-state index in [1.807, 2.05) is 0 Å². The standard InChI is InChI=1S/C34H42N2O8S/c1-23-30(33(37)41-3)32(26-11-8-12-27(22-26)36(39)40)31(24(2)35-23)34(38)44-19-6-7-21-45-28-16-14-25(15-17-28)10-9-20-43-29-13-4-5-18-42-29/h8,11-12,14-17,22,29,32,35H,4-7,9-10,13,18-21H2,1-3H3. The molecule has 1 fully saturated rings. The van der Waals surface area contributed by atoms with E-state index in [-0.39, 0.29) is 29.7 Å². The highest BCUT2D eigenvalue weighted by Gasteiger charge is 2.38. The van der Waals surface area contributed by atoms with E-state index < -0.39 is 22.8 Å². The minimum Gasteiger partial charge on any atom is -0.466 e. The number of ether oxygens (including phenoxy) is 4. The number of carbonyl (C=O) groups is 2. The van der Waals surface area contributed by atoms with E-state index in [1.165, 1.54) is 42.2 Å². The largest absolute Gasteiger partial charge is 0.466 e. The SMILES string of the molecule is COC(=O)C1=C(C)NC(C)=C(C(=O)OCCCCSc2ccc(CCCOC3CCCCO3)cc2)C1c1cccc([N+](=O)[O-])c1. The fourth-order valence-corrected chi connectivity index (χ4v) is 6.43. The zero-order valence-corrected chi connectivity index (χ0v) is 27.0. The van der Waals surface area contributed by atoms with Crippen LogP contribution in [-0.4, -0.2) is 55.8 Å². The zero-order valence-electron chi connectivity index (χ0n) is 26.2. The molecule has 0 saturated carbocycles. The third kappa shape index (κ3) is 9.66. The van der Waals surface area contributed by atoms with Crippen molar-refractivity contribution >= 4 is 29.4 Å². The number of aryl methyl sites for hydroxylation is 1. The molecule has 11 heteroatoms. The van der Waals surface area contributed by atoms with Gasteiger partial charge in [-0.2, -0.15) is 0 Å². The highest BCUT2D eigenvalue weighted by Crippen LogP contribution is 2.40. The lowest BCUT2D eigenvalue weighted by Crippen LogP contribution is -2.32. The predicted molar refractivity (Wildman–Crippen MR) is 172 cm³/mol. The number of nitro benzene ring substituents is 1. The Kier molecular flexibility index (Phi) is 13.0. The Labute approximate surface area is 268 Å². The molecule has 2 heterocycles. The molecule has 2 aliphatic heterocycles. The predicted octanol–water partition coefficient (Wildman–Crippen LogP) is 6.59. The second-order valence-electron chi connectivity index (χ2n) is 11.1. The molecule has 2 aromatic rings. The number of unbranched alkanes of at least 4 members (excludes halogenated alkanes) is 1. The van der Waals surface area contributed by atoms with Gasteiger partial charge in [-0.25, -0.2) is 9.59 Å². The number of thioether (sulfide) groups is 1. The van der Waals surface area contributed by atoms with Crippen LogP contribution in [0.15, 0.2) is 76.0 Å². The van der Waals surface area contributed by atoms with E-state index in [2.05, 4.69) is 29.6 Å². The van der Waals surface area contributed by atoms with Gasteiger partial charge in [0, 0.05) is 35.0 Å². The van der Waals surface area contributed by atoms with Gasteiger partial charge >= 0.3 is 11.9 Å². The van der Waals surface area contributed by atoms with Gasteiger partial charge < -0.3 is 24.3 Å². The second kappa shape index (κ2) is 17.1. The third-order valence-electron chi connectivity index (χ3n) is 7.82. The average molecular weight is 639 g/mol. The fourth-order valence-electron chi connectivity index (χ4n) is 5.52. The van der Waals surface area contributed by atoms with Gasteiger partial charge in [-0.3, -0.25) is 10.1 Å². The Hall–Kier alpha value is -3.67. The smallest absolute Gasteiger partial charge is 0.336 e. The van der Waals surface area contributed by atoms with Crippen LogP contribution in [-0.2, 0) is 35.0 Å². The highest BCUT2D eigenvalue weighted by molar-refractivity contribution is 7.99. The molecular weight excluding hydrogens is 596 g/mol. The minimum atomic E-state index is -0.872. The highest BCUT2D eigenvalue weighted by atomic mass is 32.2. The normalized spacial score (nSPS) is 18.4. The summed E-state index contributed by atoms with van der Waals surface area (Å²) in [4.78, 5) is 38.3. The fraction of sp³-hybridized carbons (Fsp3) is 0.471. The third-order valence-corrected chi connectivity index (χ3v) is 8.91. The van der Waals surface area contributed by atoms with Gasteiger partial charge in [0.05, 0.1) is 42.3 Å². The van der Waals surface area contributed by atoms with Crippen molar-refractivity contribution in [2.24, 2.45) is 0 Å². The molecule has 4 rings (SSSR count). The van der Waals surface area contributed by atoms with Crippen LogP contribution >= 0.6 is 11.8 Å². The van der Waals surface area contributed by atoms with Crippen molar-refractivity contribution < 1.29 is 33.5 Å². The number of hydrogen-bond acceptors (Lipinski definition) is 10. The lowest BCUT2D eigenvalue weighted by Gasteiger charge is -2.30. The molecule has 0 amide bonds. The first-order chi connectivity index (χ1) is 21.8. The molecular formula is C34H42N2O8S. The summed E-state index contributed by atoms with van der Waals surface area (Å²) in [5.74, 6) is -1.20. The molecule has 2 unspecified atom stereocenters. The first kappa shape index (κ1) is 34.2. The maximum Gasteiger partial charge on any atom is 0.336 e. The van der Waals surface area contributed by atoms with E-state index >= 15 is 0 Å². The van der Waals surface area contributed by atoms with Gasteiger partial charge in [0.2, 0.25) is 0 Å². The van der Waals surface area contributed by atoms with Gasteiger partial charge in [-0.1, -0.05) is 24.3 Å². The number of hydrogen-bond donors (Lipinski definition) is 1. The molecule has 0 radical (unpaired) electrons. The number of dihydropyridines is 1. The van der Waals surface area contributed by atoms with Crippen LogP contribution in [0, 0.1) is 10.1 Å². The zero-order chi connectivity index (χ0) is 32.2. The lowest BCUT2D eigenvalue weighted by atomic mass is 9.80. The van der Waals surface area contributed by atoms with Crippen LogP contribution in [0.5, 0.6) is 0 Å². The van der Waals surface area contributed by atoms with Crippen molar-refractivity contribution in [3.8, 4) is 0 Å². The maximum atomic E-state index is 13.4. The molecule has 242 valence electrons. The van der Waals surface area contributed by atoms with Gasteiger partial charge in [0.1, 0.15) is 0 Å². The topological polar surface area (TPSA) is 126 Å². The number of carbonyl (C=O) groups excluding carboxylic acids is 2. The van der Waals surface area contributed by atoms with Crippen LogP contribution in [0.4, 0.5) is 5.69 Å². The molecule has 2 aromatic carbocycles. The number of nitrogens with zero attached hydrogens (tertiary/aromatic N) is 1. The summed E-state index contributed by atoms with van der Waals surface area (Å²) in [5, 5.41) is 14.5. The quantitative estimate of drug-likeness (QED) is 0.0750. The van der Waals surface area contributed by atoms with Crippen LogP contribution in [0.3, 0.4) is 0 Å². The molecule has 0 aliphatic carbocycles. The monoisotopic (exact) mass is 638 g/mol.